The van der Waals surface area contributed by atoms with Crippen LogP contribution in [0.4, 0.5) is 14.5 Å². The van der Waals surface area contributed by atoms with Crippen LogP contribution in [0, 0.1) is 0 Å². The van der Waals surface area contributed by atoms with Gasteiger partial charge in [0.1, 0.15) is 6.33 Å². The standard InChI is InChI=1S/C16H17F2N3O2/c17-16(18)23-14-5-4-12(6-15(14)22-13-2-1-3-13)21-9-11-7-19-10-20-8-11/h4-8,10,13,16,21H,1-3,9H2. The van der Waals surface area contributed by atoms with E-state index in [-0.39, 0.29) is 11.9 Å². The average Bonchev–Trinajstić information content (AvgIpc) is 2.51. The molecule has 0 unspecified atom stereocenters. The summed E-state index contributed by atoms with van der Waals surface area (Å²) in [4.78, 5) is 7.88. The molecule has 0 spiro atoms. The Morgan fingerprint density at radius 2 is 1.96 bits per heavy atom. The normalized spacial score (nSPS) is 14.4. The van der Waals surface area contributed by atoms with Gasteiger partial charge in [0.05, 0.1) is 6.10 Å². The van der Waals surface area contributed by atoms with E-state index in [9.17, 15) is 8.78 Å². The zero-order chi connectivity index (χ0) is 16.1. The molecule has 122 valence electrons. The highest BCUT2D eigenvalue weighted by molar-refractivity contribution is 5.55. The molecular weight excluding hydrogens is 304 g/mol. The maximum absolute atomic E-state index is 12.5. The van der Waals surface area contributed by atoms with Crippen molar-refractivity contribution in [3.05, 3.63) is 42.5 Å². The zero-order valence-corrected chi connectivity index (χ0v) is 12.4. The van der Waals surface area contributed by atoms with Crippen LogP contribution in [0.1, 0.15) is 24.8 Å². The van der Waals surface area contributed by atoms with Gasteiger partial charge in [-0.05, 0) is 31.4 Å². The Morgan fingerprint density at radius 3 is 2.61 bits per heavy atom. The molecule has 1 aromatic heterocycles. The zero-order valence-electron chi connectivity index (χ0n) is 12.4. The van der Waals surface area contributed by atoms with Crippen molar-refractivity contribution in [3.8, 4) is 11.5 Å². The van der Waals surface area contributed by atoms with Crippen LogP contribution in [0.2, 0.25) is 0 Å². The SMILES string of the molecule is FC(F)Oc1ccc(NCc2cncnc2)cc1OC1CCC1. The van der Waals surface area contributed by atoms with Gasteiger partial charge in [-0.25, -0.2) is 9.97 Å². The van der Waals surface area contributed by atoms with Crippen molar-refractivity contribution in [2.45, 2.75) is 38.5 Å². The Balaban J connectivity index is 1.71. The monoisotopic (exact) mass is 321 g/mol. The first-order valence-corrected chi connectivity index (χ1v) is 7.44. The Hall–Kier alpha value is -2.44. The van der Waals surface area contributed by atoms with Crippen LogP contribution in [0.5, 0.6) is 11.5 Å². The van der Waals surface area contributed by atoms with Crippen molar-refractivity contribution in [1.29, 1.82) is 0 Å². The predicted octanol–water partition coefficient (Wildman–Crippen LogP) is 3.62. The number of alkyl halides is 2. The van der Waals surface area contributed by atoms with Crippen molar-refractivity contribution in [1.82, 2.24) is 9.97 Å². The maximum Gasteiger partial charge on any atom is 0.387 e. The van der Waals surface area contributed by atoms with Gasteiger partial charge in [0.15, 0.2) is 11.5 Å². The first kappa shape index (κ1) is 15.5. The van der Waals surface area contributed by atoms with Crippen LogP contribution in [0.25, 0.3) is 0 Å². The second kappa shape index (κ2) is 7.21. The number of nitrogens with zero attached hydrogens (tertiary/aromatic N) is 2. The summed E-state index contributed by atoms with van der Waals surface area (Å²) in [5, 5.41) is 3.19. The number of anilines is 1. The van der Waals surface area contributed by atoms with Crippen LogP contribution < -0.4 is 14.8 Å². The van der Waals surface area contributed by atoms with Gasteiger partial charge in [0.2, 0.25) is 0 Å². The first-order chi connectivity index (χ1) is 11.2. The fraction of sp³-hybridized carbons (Fsp3) is 0.375. The van der Waals surface area contributed by atoms with Crippen molar-refractivity contribution in [3.63, 3.8) is 0 Å². The smallest absolute Gasteiger partial charge is 0.387 e. The highest BCUT2D eigenvalue weighted by Gasteiger charge is 2.22. The molecule has 0 aliphatic heterocycles. The molecule has 0 bridgehead atoms. The molecule has 3 rings (SSSR count). The van der Waals surface area contributed by atoms with Crippen LogP contribution in [-0.2, 0) is 6.54 Å². The van der Waals surface area contributed by atoms with E-state index in [1.54, 1.807) is 24.5 Å². The molecule has 0 atom stereocenters. The fourth-order valence-electron chi connectivity index (χ4n) is 2.20. The summed E-state index contributed by atoms with van der Waals surface area (Å²) in [7, 11) is 0. The topological polar surface area (TPSA) is 56.3 Å². The van der Waals surface area contributed by atoms with Crippen molar-refractivity contribution < 1.29 is 18.3 Å². The largest absolute Gasteiger partial charge is 0.486 e. The van der Waals surface area contributed by atoms with Crippen LogP contribution in [0.3, 0.4) is 0 Å². The second-order valence-electron chi connectivity index (χ2n) is 5.31. The van der Waals surface area contributed by atoms with Gasteiger partial charge in [0.25, 0.3) is 0 Å². The Kier molecular flexibility index (Phi) is 4.85. The lowest BCUT2D eigenvalue weighted by molar-refractivity contribution is -0.0526. The number of halogens is 2. The van der Waals surface area contributed by atoms with Gasteiger partial charge in [-0.1, -0.05) is 0 Å². The number of nitrogens with one attached hydrogen (secondary N) is 1. The summed E-state index contributed by atoms with van der Waals surface area (Å²) in [5.74, 6) is 0.393. The molecule has 5 nitrogen and oxygen atoms in total. The van der Waals surface area contributed by atoms with Gasteiger partial charge in [-0.2, -0.15) is 8.78 Å². The number of aromatic nitrogens is 2. The van der Waals surface area contributed by atoms with E-state index >= 15 is 0 Å². The molecule has 0 amide bonds. The third kappa shape index (κ3) is 4.28. The molecule has 0 saturated heterocycles. The molecule has 1 aliphatic rings. The van der Waals surface area contributed by atoms with E-state index in [4.69, 9.17) is 4.74 Å². The molecule has 1 aliphatic carbocycles. The molecule has 1 aromatic carbocycles. The quantitative estimate of drug-likeness (QED) is 0.844. The number of rotatable bonds is 7. The number of hydrogen-bond acceptors (Lipinski definition) is 5. The maximum atomic E-state index is 12.5. The molecule has 1 N–H and O–H groups in total. The highest BCUT2D eigenvalue weighted by Crippen LogP contribution is 2.35. The lowest BCUT2D eigenvalue weighted by Crippen LogP contribution is -2.25. The molecular formula is C16H17F2N3O2. The van der Waals surface area contributed by atoms with Gasteiger partial charge in [0, 0.05) is 36.3 Å². The first-order valence-electron chi connectivity index (χ1n) is 7.44. The molecule has 7 heteroatoms. The lowest BCUT2D eigenvalue weighted by atomic mass is 9.96. The van der Waals surface area contributed by atoms with Crippen molar-refractivity contribution in [2.24, 2.45) is 0 Å². The fourth-order valence-corrected chi connectivity index (χ4v) is 2.20. The Bertz CT molecular complexity index is 636. The van der Waals surface area contributed by atoms with E-state index < -0.39 is 6.61 Å². The molecule has 23 heavy (non-hydrogen) atoms. The van der Waals surface area contributed by atoms with Crippen LogP contribution in [0.15, 0.2) is 36.9 Å². The van der Waals surface area contributed by atoms with Crippen molar-refractivity contribution in [2.75, 3.05) is 5.32 Å². The summed E-state index contributed by atoms with van der Waals surface area (Å²) in [6, 6.07) is 4.85. The molecule has 0 radical (unpaired) electrons. The predicted molar refractivity (Wildman–Crippen MR) is 80.7 cm³/mol. The van der Waals surface area contributed by atoms with Crippen LogP contribution in [-0.4, -0.2) is 22.7 Å². The Labute approximate surface area is 132 Å². The summed E-state index contributed by atoms with van der Waals surface area (Å²) < 4.78 is 35.3. The third-order valence-electron chi connectivity index (χ3n) is 3.62. The lowest BCUT2D eigenvalue weighted by Gasteiger charge is -2.27. The molecule has 1 heterocycles. The molecule has 2 aromatic rings. The van der Waals surface area contributed by atoms with E-state index in [0.717, 1.165) is 30.5 Å². The number of benzene rings is 1. The molecule has 1 saturated carbocycles. The third-order valence-corrected chi connectivity index (χ3v) is 3.62. The minimum atomic E-state index is -2.88. The highest BCUT2D eigenvalue weighted by atomic mass is 19.3. The summed E-state index contributed by atoms with van der Waals surface area (Å²) in [5.41, 5.74) is 1.67. The van der Waals surface area contributed by atoms with E-state index in [0.29, 0.717) is 12.3 Å². The second-order valence-corrected chi connectivity index (χ2v) is 5.31. The summed E-state index contributed by atoms with van der Waals surface area (Å²) in [6.45, 7) is -2.35. The minimum Gasteiger partial charge on any atom is -0.486 e. The van der Waals surface area contributed by atoms with E-state index in [1.807, 2.05) is 0 Å². The van der Waals surface area contributed by atoms with E-state index in [2.05, 4.69) is 20.0 Å². The number of hydrogen-bond donors (Lipinski definition) is 1. The van der Waals surface area contributed by atoms with Gasteiger partial charge >= 0.3 is 6.61 Å². The number of ether oxygens (including phenoxy) is 2. The van der Waals surface area contributed by atoms with Crippen molar-refractivity contribution >= 4 is 5.69 Å². The summed E-state index contributed by atoms with van der Waals surface area (Å²) in [6.07, 6.45) is 7.93. The molecule has 1 fully saturated rings. The van der Waals surface area contributed by atoms with Gasteiger partial charge in [-0.3, -0.25) is 0 Å². The van der Waals surface area contributed by atoms with Gasteiger partial charge in [-0.15, -0.1) is 0 Å². The van der Waals surface area contributed by atoms with E-state index in [1.165, 1.54) is 12.4 Å². The minimum absolute atomic E-state index is 0.0560. The Morgan fingerprint density at radius 1 is 1.17 bits per heavy atom. The van der Waals surface area contributed by atoms with Crippen LogP contribution >= 0.6 is 0 Å². The summed E-state index contributed by atoms with van der Waals surface area (Å²) >= 11 is 0. The van der Waals surface area contributed by atoms with Gasteiger partial charge < -0.3 is 14.8 Å². The average molecular weight is 321 g/mol.